The number of carbonyl (C=O) groups is 1. The normalized spacial score (nSPS) is 15.7. The molecule has 5 rings (SSSR count). The Kier molecular flexibility index (Phi) is 3.34. The van der Waals surface area contributed by atoms with Gasteiger partial charge in [0.25, 0.3) is 0 Å². The summed E-state index contributed by atoms with van der Waals surface area (Å²) in [6.45, 7) is 0. The molecular weight excluding hydrogens is 336 g/mol. The van der Waals surface area contributed by atoms with Crippen LogP contribution in [-0.4, -0.2) is 13.1 Å². The molecule has 27 heavy (non-hydrogen) atoms. The van der Waals surface area contributed by atoms with Gasteiger partial charge < -0.3 is 4.74 Å². The van der Waals surface area contributed by atoms with Crippen LogP contribution in [0, 0.1) is 0 Å². The molecule has 0 amide bonds. The molecule has 0 N–H and O–H groups in total. The van der Waals surface area contributed by atoms with Gasteiger partial charge in [0.05, 0.1) is 7.11 Å². The van der Waals surface area contributed by atoms with Gasteiger partial charge in [-0.15, -0.1) is 0 Å². The van der Waals surface area contributed by atoms with E-state index in [1.807, 2.05) is 66.7 Å². The van der Waals surface area contributed by atoms with E-state index in [-0.39, 0.29) is 0 Å². The van der Waals surface area contributed by atoms with E-state index in [1.165, 1.54) is 7.11 Å². The Morgan fingerprint density at radius 3 is 1.96 bits per heavy atom. The summed E-state index contributed by atoms with van der Waals surface area (Å²) < 4.78 is 5.19. The van der Waals surface area contributed by atoms with E-state index in [1.54, 1.807) is 0 Å². The average Bonchev–Trinajstić information content (AvgIpc) is 3.27. The number of methoxy groups -OCH3 is 1. The number of benzene rings is 3. The fourth-order valence-corrected chi connectivity index (χ4v) is 4.13. The van der Waals surface area contributed by atoms with E-state index in [0.29, 0.717) is 11.3 Å². The number of hydrogen-bond donors (Lipinski definition) is 0. The van der Waals surface area contributed by atoms with Crippen LogP contribution in [0.5, 0.6) is 0 Å². The maximum atomic E-state index is 13.0. The van der Waals surface area contributed by atoms with E-state index in [4.69, 9.17) is 9.85 Å². The SMILES string of the molecule is COC(=O)C1=C(c2ccccc2)N=NC12c1ccccc1-c1ccccc12. The second kappa shape index (κ2) is 5.74. The van der Waals surface area contributed by atoms with Crippen molar-refractivity contribution >= 4 is 11.7 Å². The number of hydrogen-bond acceptors (Lipinski definition) is 4. The topological polar surface area (TPSA) is 51.0 Å². The monoisotopic (exact) mass is 352 g/mol. The van der Waals surface area contributed by atoms with Crippen LogP contribution in [0.1, 0.15) is 16.7 Å². The first-order valence-electron chi connectivity index (χ1n) is 8.78. The molecule has 0 saturated heterocycles. The van der Waals surface area contributed by atoms with E-state index in [2.05, 4.69) is 17.2 Å². The van der Waals surface area contributed by atoms with Crippen molar-refractivity contribution in [2.45, 2.75) is 5.54 Å². The highest BCUT2D eigenvalue weighted by Gasteiger charge is 2.53. The molecule has 0 unspecified atom stereocenters. The third-order valence-corrected chi connectivity index (χ3v) is 5.26. The maximum Gasteiger partial charge on any atom is 0.339 e. The minimum atomic E-state index is -0.967. The maximum absolute atomic E-state index is 13.0. The van der Waals surface area contributed by atoms with Crippen molar-refractivity contribution in [3.63, 3.8) is 0 Å². The van der Waals surface area contributed by atoms with Gasteiger partial charge in [0.1, 0.15) is 11.3 Å². The van der Waals surface area contributed by atoms with Gasteiger partial charge in [-0.2, -0.15) is 10.2 Å². The Labute approximate surface area is 156 Å². The molecule has 1 heterocycles. The molecule has 3 aromatic carbocycles. The van der Waals surface area contributed by atoms with E-state index < -0.39 is 11.5 Å². The van der Waals surface area contributed by atoms with Crippen molar-refractivity contribution in [3.05, 3.63) is 101 Å². The van der Waals surface area contributed by atoms with Gasteiger partial charge in [-0.1, -0.05) is 78.9 Å². The van der Waals surface area contributed by atoms with E-state index in [0.717, 1.165) is 27.8 Å². The van der Waals surface area contributed by atoms with Gasteiger partial charge in [0, 0.05) is 5.56 Å². The van der Waals surface area contributed by atoms with Crippen molar-refractivity contribution in [1.82, 2.24) is 0 Å². The standard InChI is InChI=1S/C23H16N2O2/c1-27-22(26)20-21(15-9-3-2-4-10-15)24-25-23(20)18-13-7-5-11-16(18)17-12-6-8-14-19(17)23/h2-14H,1H3. The van der Waals surface area contributed by atoms with Crippen LogP contribution in [0.15, 0.2) is 94.7 Å². The number of rotatable bonds is 2. The largest absolute Gasteiger partial charge is 0.466 e. The molecule has 3 aromatic rings. The van der Waals surface area contributed by atoms with E-state index in [9.17, 15) is 4.79 Å². The quantitative estimate of drug-likeness (QED) is 0.612. The van der Waals surface area contributed by atoms with Crippen LogP contribution in [0.4, 0.5) is 0 Å². The smallest absolute Gasteiger partial charge is 0.339 e. The van der Waals surface area contributed by atoms with Crippen molar-refractivity contribution in [3.8, 4) is 11.1 Å². The molecule has 1 aliphatic carbocycles. The van der Waals surface area contributed by atoms with Gasteiger partial charge in [-0.3, -0.25) is 0 Å². The van der Waals surface area contributed by atoms with E-state index >= 15 is 0 Å². The second-order valence-electron chi connectivity index (χ2n) is 6.58. The Balaban J connectivity index is 1.88. The third-order valence-electron chi connectivity index (χ3n) is 5.26. The molecule has 2 aliphatic rings. The molecule has 1 aliphatic heterocycles. The second-order valence-corrected chi connectivity index (χ2v) is 6.58. The first kappa shape index (κ1) is 15.7. The lowest BCUT2D eigenvalue weighted by molar-refractivity contribution is -0.136. The Morgan fingerprint density at radius 1 is 0.815 bits per heavy atom. The molecule has 0 fully saturated rings. The van der Waals surface area contributed by atoms with Crippen LogP contribution >= 0.6 is 0 Å². The number of fused-ring (bicyclic) bond motifs is 5. The predicted octanol–water partition coefficient (Wildman–Crippen LogP) is 4.96. The molecule has 0 saturated carbocycles. The number of nitrogens with zero attached hydrogens (tertiary/aromatic N) is 2. The summed E-state index contributed by atoms with van der Waals surface area (Å²) in [5.41, 5.74) is 4.97. The van der Waals surface area contributed by atoms with Gasteiger partial charge in [0.2, 0.25) is 0 Å². The average molecular weight is 352 g/mol. The number of azo groups is 1. The minimum absolute atomic E-state index is 0.412. The van der Waals surface area contributed by atoms with Crippen molar-refractivity contribution in [2.75, 3.05) is 7.11 Å². The zero-order chi connectivity index (χ0) is 18.4. The van der Waals surface area contributed by atoms with Crippen LogP contribution < -0.4 is 0 Å². The number of ether oxygens (including phenoxy) is 1. The third kappa shape index (κ3) is 2.01. The number of esters is 1. The Morgan fingerprint density at radius 2 is 1.37 bits per heavy atom. The molecule has 4 nitrogen and oxygen atoms in total. The molecular formula is C23H16N2O2. The molecule has 1 spiro atoms. The van der Waals surface area contributed by atoms with Gasteiger partial charge in [0.15, 0.2) is 5.54 Å². The van der Waals surface area contributed by atoms with Crippen molar-refractivity contribution in [1.29, 1.82) is 0 Å². The summed E-state index contributed by atoms with van der Waals surface area (Å²) in [6, 6.07) is 25.8. The van der Waals surface area contributed by atoms with Crippen LogP contribution in [0.3, 0.4) is 0 Å². The Bertz CT molecular complexity index is 1080. The summed E-state index contributed by atoms with van der Waals surface area (Å²) in [4.78, 5) is 13.0. The lowest BCUT2D eigenvalue weighted by Gasteiger charge is -2.24. The summed E-state index contributed by atoms with van der Waals surface area (Å²) >= 11 is 0. The molecule has 130 valence electrons. The zero-order valence-corrected chi connectivity index (χ0v) is 14.7. The van der Waals surface area contributed by atoms with Crippen LogP contribution in [0.2, 0.25) is 0 Å². The minimum Gasteiger partial charge on any atom is -0.466 e. The highest BCUT2D eigenvalue weighted by atomic mass is 16.5. The summed E-state index contributed by atoms with van der Waals surface area (Å²) in [6.07, 6.45) is 0. The first-order chi connectivity index (χ1) is 13.3. The van der Waals surface area contributed by atoms with Crippen molar-refractivity contribution in [2.24, 2.45) is 10.2 Å². The number of carbonyl (C=O) groups excluding carboxylic acids is 1. The van der Waals surface area contributed by atoms with Gasteiger partial charge in [-0.05, 0) is 22.3 Å². The summed E-state index contributed by atoms with van der Waals surface area (Å²) in [5.74, 6) is -0.412. The van der Waals surface area contributed by atoms with Crippen LogP contribution in [-0.2, 0) is 15.1 Å². The predicted molar refractivity (Wildman–Crippen MR) is 103 cm³/mol. The van der Waals surface area contributed by atoms with Crippen LogP contribution in [0.25, 0.3) is 16.8 Å². The highest BCUT2D eigenvalue weighted by Crippen LogP contribution is 2.57. The highest BCUT2D eigenvalue weighted by molar-refractivity contribution is 6.04. The molecule has 0 aromatic heterocycles. The fourth-order valence-electron chi connectivity index (χ4n) is 4.13. The summed E-state index contributed by atoms with van der Waals surface area (Å²) in [5, 5.41) is 9.20. The van der Waals surface area contributed by atoms with Gasteiger partial charge in [-0.25, -0.2) is 4.79 Å². The fraction of sp³-hybridized carbons (Fsp3) is 0.0870. The summed E-state index contributed by atoms with van der Waals surface area (Å²) in [7, 11) is 1.40. The lowest BCUT2D eigenvalue weighted by atomic mass is 9.80. The molecule has 0 atom stereocenters. The molecule has 0 bridgehead atoms. The van der Waals surface area contributed by atoms with Crippen molar-refractivity contribution < 1.29 is 9.53 Å². The Hall–Kier alpha value is -3.53. The lowest BCUT2D eigenvalue weighted by Crippen LogP contribution is -2.29. The molecule has 4 heteroatoms. The zero-order valence-electron chi connectivity index (χ0n) is 14.7. The molecule has 0 radical (unpaired) electrons. The first-order valence-corrected chi connectivity index (χ1v) is 8.78. The van der Waals surface area contributed by atoms with Gasteiger partial charge >= 0.3 is 5.97 Å².